The van der Waals surface area contributed by atoms with Crippen molar-refractivity contribution < 1.29 is 24.2 Å². The van der Waals surface area contributed by atoms with E-state index in [1.807, 2.05) is 14.1 Å². The van der Waals surface area contributed by atoms with Gasteiger partial charge in [0, 0.05) is 48.8 Å². The van der Waals surface area contributed by atoms with Gasteiger partial charge in [0.25, 0.3) is 5.91 Å². The molecule has 0 aliphatic heterocycles. The van der Waals surface area contributed by atoms with Crippen LogP contribution in [0.25, 0.3) is 0 Å². The van der Waals surface area contributed by atoms with E-state index < -0.39 is 17.8 Å². The second-order valence-corrected chi connectivity index (χ2v) is 10.8. The molecule has 2 aromatic carbocycles. The first-order chi connectivity index (χ1) is 17.8. The van der Waals surface area contributed by atoms with Gasteiger partial charge in [0.05, 0.1) is 16.9 Å². The van der Waals surface area contributed by atoms with Crippen molar-refractivity contribution in [1.29, 1.82) is 0 Å². The Balaban J connectivity index is 1.63. The molecule has 202 valence electrons. The van der Waals surface area contributed by atoms with Crippen LogP contribution in [0.15, 0.2) is 47.8 Å². The van der Waals surface area contributed by atoms with Crippen LogP contribution in [0.4, 0.5) is 31.8 Å². The number of ether oxygens (including phenoxy) is 1. The molecule has 0 unspecified atom stereocenters. The Morgan fingerprint density at radius 2 is 1.76 bits per heavy atom. The fourth-order valence-corrected chi connectivity index (χ4v) is 4.32. The number of hydrogen-bond acceptors (Lipinski definition) is 7. The molecular weight excluding hydrogens is 530 g/mol. The number of nitrogens with zero attached hydrogens (tertiary/aromatic N) is 3. The summed E-state index contributed by atoms with van der Waals surface area (Å²) in [5.74, 6) is -0.312. The van der Waals surface area contributed by atoms with Crippen molar-refractivity contribution in [3.8, 4) is 0 Å². The zero-order valence-corrected chi connectivity index (χ0v) is 23.3. The number of halogens is 1. The minimum absolute atomic E-state index is 0.146. The standard InChI is InChI=1S/C26H30ClN5O5S/c1-26(2,3)37-24(34)30-23-29-18(15-38-23)12-13-32(25(35)36)19-9-7-17(8-10-19)28-22(33)20-11-6-16(27)14-21(20)31(4)5/h6-11,14-15H,12-13H2,1-5H3,(H,28,33)(H,35,36)(H,29,30,34). The summed E-state index contributed by atoms with van der Waals surface area (Å²) in [5, 5.41) is 17.8. The van der Waals surface area contributed by atoms with E-state index in [1.54, 1.807) is 73.5 Å². The van der Waals surface area contributed by atoms with Gasteiger partial charge in [-0.1, -0.05) is 11.6 Å². The second kappa shape index (κ2) is 12.1. The second-order valence-electron chi connectivity index (χ2n) is 9.51. The van der Waals surface area contributed by atoms with Crippen molar-refractivity contribution in [2.45, 2.75) is 32.8 Å². The van der Waals surface area contributed by atoms with Crippen LogP contribution < -0.4 is 20.4 Å². The molecule has 1 heterocycles. The summed E-state index contributed by atoms with van der Waals surface area (Å²) in [6.45, 7) is 5.44. The number of carbonyl (C=O) groups excluding carboxylic acids is 2. The maximum absolute atomic E-state index is 12.8. The third-order valence-corrected chi connectivity index (χ3v) is 6.15. The van der Waals surface area contributed by atoms with E-state index in [-0.39, 0.29) is 12.5 Å². The molecule has 0 radical (unpaired) electrons. The van der Waals surface area contributed by atoms with E-state index in [1.165, 1.54) is 16.2 Å². The fraction of sp³-hybridized carbons (Fsp3) is 0.308. The zero-order chi connectivity index (χ0) is 28.0. The van der Waals surface area contributed by atoms with Gasteiger partial charge in [-0.05, 0) is 63.2 Å². The molecular formula is C26H30ClN5O5S. The van der Waals surface area contributed by atoms with Gasteiger partial charge in [-0.15, -0.1) is 11.3 Å². The predicted octanol–water partition coefficient (Wildman–Crippen LogP) is 6.19. The highest BCUT2D eigenvalue weighted by Gasteiger charge is 2.19. The molecule has 3 rings (SSSR count). The highest BCUT2D eigenvalue weighted by Crippen LogP contribution is 2.26. The van der Waals surface area contributed by atoms with E-state index in [9.17, 15) is 19.5 Å². The van der Waals surface area contributed by atoms with Crippen LogP contribution in [-0.2, 0) is 11.2 Å². The zero-order valence-electron chi connectivity index (χ0n) is 21.7. The van der Waals surface area contributed by atoms with Gasteiger partial charge in [0.2, 0.25) is 0 Å². The van der Waals surface area contributed by atoms with Gasteiger partial charge < -0.3 is 20.1 Å². The molecule has 0 aliphatic carbocycles. The van der Waals surface area contributed by atoms with Gasteiger partial charge >= 0.3 is 12.2 Å². The summed E-state index contributed by atoms with van der Waals surface area (Å²) >= 11 is 7.30. The summed E-state index contributed by atoms with van der Waals surface area (Å²) in [6, 6.07) is 11.5. The first-order valence-corrected chi connectivity index (χ1v) is 12.9. The van der Waals surface area contributed by atoms with Crippen LogP contribution >= 0.6 is 22.9 Å². The minimum Gasteiger partial charge on any atom is -0.465 e. The lowest BCUT2D eigenvalue weighted by Gasteiger charge is -2.20. The number of hydrogen-bond donors (Lipinski definition) is 3. The summed E-state index contributed by atoms with van der Waals surface area (Å²) in [4.78, 5) is 44.0. The lowest BCUT2D eigenvalue weighted by atomic mass is 10.1. The van der Waals surface area contributed by atoms with Crippen LogP contribution in [0, 0.1) is 0 Å². The third-order valence-electron chi connectivity index (χ3n) is 5.11. The SMILES string of the molecule is CN(C)c1cc(Cl)ccc1C(=O)Nc1ccc(N(CCc2csc(NC(=O)OC(C)(C)C)n2)C(=O)O)cc1. The highest BCUT2D eigenvalue weighted by atomic mass is 35.5. The molecule has 0 saturated carbocycles. The van der Waals surface area contributed by atoms with Gasteiger partial charge in [-0.25, -0.2) is 14.6 Å². The Morgan fingerprint density at radius 3 is 2.37 bits per heavy atom. The van der Waals surface area contributed by atoms with Crippen molar-refractivity contribution in [1.82, 2.24) is 4.98 Å². The summed E-state index contributed by atoms with van der Waals surface area (Å²) in [7, 11) is 3.64. The van der Waals surface area contributed by atoms with Gasteiger partial charge in [-0.2, -0.15) is 0 Å². The first kappa shape index (κ1) is 28.7. The molecule has 0 atom stereocenters. The average Bonchev–Trinajstić information content (AvgIpc) is 3.25. The lowest BCUT2D eigenvalue weighted by Crippen LogP contribution is -2.31. The Morgan fingerprint density at radius 1 is 1.08 bits per heavy atom. The van der Waals surface area contributed by atoms with E-state index in [0.717, 1.165) is 0 Å². The average molecular weight is 560 g/mol. The Bertz CT molecular complexity index is 1300. The highest BCUT2D eigenvalue weighted by molar-refractivity contribution is 7.13. The topological polar surface area (TPSA) is 124 Å². The molecule has 12 heteroatoms. The first-order valence-electron chi connectivity index (χ1n) is 11.7. The van der Waals surface area contributed by atoms with Crippen molar-refractivity contribution in [2.24, 2.45) is 0 Å². The third kappa shape index (κ3) is 8.09. The molecule has 0 saturated heterocycles. The molecule has 0 aliphatic rings. The Hall–Kier alpha value is -3.83. The van der Waals surface area contributed by atoms with Gasteiger partial charge in [0.1, 0.15) is 5.60 Å². The summed E-state index contributed by atoms with van der Waals surface area (Å²) < 4.78 is 5.22. The summed E-state index contributed by atoms with van der Waals surface area (Å²) in [6.07, 6.45) is -1.39. The molecule has 1 aromatic heterocycles. The molecule has 10 nitrogen and oxygen atoms in total. The van der Waals surface area contributed by atoms with Crippen molar-refractivity contribution in [3.05, 3.63) is 64.1 Å². The van der Waals surface area contributed by atoms with E-state index in [2.05, 4.69) is 15.6 Å². The number of carboxylic acid groups (broad SMARTS) is 1. The van der Waals surface area contributed by atoms with Gasteiger partial charge in [0.15, 0.2) is 5.13 Å². The number of anilines is 4. The number of rotatable bonds is 8. The maximum atomic E-state index is 12.8. The number of carbonyl (C=O) groups is 3. The molecule has 0 fully saturated rings. The number of aromatic nitrogens is 1. The lowest BCUT2D eigenvalue weighted by molar-refractivity contribution is 0.0635. The van der Waals surface area contributed by atoms with Crippen LogP contribution in [0.5, 0.6) is 0 Å². The maximum Gasteiger partial charge on any atom is 0.413 e. The monoisotopic (exact) mass is 559 g/mol. The van der Waals surface area contributed by atoms with Crippen LogP contribution in [0.2, 0.25) is 5.02 Å². The minimum atomic E-state index is -1.12. The number of nitrogens with one attached hydrogen (secondary N) is 2. The van der Waals surface area contributed by atoms with Crippen molar-refractivity contribution in [2.75, 3.05) is 41.1 Å². The van der Waals surface area contributed by atoms with E-state index >= 15 is 0 Å². The fourth-order valence-electron chi connectivity index (χ4n) is 3.42. The molecule has 3 amide bonds. The largest absolute Gasteiger partial charge is 0.465 e. The molecule has 38 heavy (non-hydrogen) atoms. The molecule has 0 bridgehead atoms. The Kier molecular flexibility index (Phi) is 9.18. The quantitative estimate of drug-likeness (QED) is 0.300. The van der Waals surface area contributed by atoms with E-state index in [0.29, 0.717) is 44.9 Å². The molecule has 3 aromatic rings. The predicted molar refractivity (Wildman–Crippen MR) is 151 cm³/mol. The smallest absolute Gasteiger partial charge is 0.413 e. The van der Waals surface area contributed by atoms with Crippen LogP contribution in [-0.4, -0.2) is 54.4 Å². The van der Waals surface area contributed by atoms with Crippen molar-refractivity contribution >= 4 is 63.2 Å². The Labute approximate surface area is 230 Å². The summed E-state index contributed by atoms with van der Waals surface area (Å²) in [5.41, 5.74) is 2.10. The van der Waals surface area contributed by atoms with Crippen LogP contribution in [0.1, 0.15) is 36.8 Å². The van der Waals surface area contributed by atoms with E-state index in [4.69, 9.17) is 16.3 Å². The van der Waals surface area contributed by atoms with Crippen molar-refractivity contribution in [3.63, 3.8) is 0 Å². The number of amides is 3. The number of thiazole rings is 1. The molecule has 3 N–H and O–H groups in total. The normalized spacial score (nSPS) is 11.0. The number of benzene rings is 2. The van der Waals surface area contributed by atoms with Crippen LogP contribution in [0.3, 0.4) is 0 Å². The van der Waals surface area contributed by atoms with Gasteiger partial charge in [-0.3, -0.25) is 15.0 Å². The molecule has 0 spiro atoms.